The Morgan fingerprint density at radius 3 is 2.59 bits per heavy atom. The van der Waals surface area contributed by atoms with Crippen molar-refractivity contribution < 1.29 is 13.2 Å². The standard InChI is InChI=1S/C21H29N3O3S2/c1-3-4-8-16-10-12-17(13-11-16)19(25)22-20-23-24-21(28-20)29(26,27)14-18-9-6-5-7-15(18)2/h5-7,9,16-17H,3-4,8,10-14H2,1-2H3,(H,22,23,25). The minimum absolute atomic E-state index is 0.0243. The maximum absolute atomic E-state index is 12.7. The molecule has 0 saturated heterocycles. The number of carbonyl (C=O) groups is 1. The second-order valence-electron chi connectivity index (χ2n) is 7.91. The van der Waals surface area contributed by atoms with Gasteiger partial charge in [0.05, 0.1) is 5.75 Å². The molecule has 1 fully saturated rings. The average Bonchev–Trinajstić information content (AvgIpc) is 3.18. The number of unbranched alkanes of at least 4 members (excludes halogenated alkanes) is 1. The molecule has 3 rings (SSSR count). The van der Waals surface area contributed by atoms with Crippen molar-refractivity contribution in [1.29, 1.82) is 0 Å². The lowest BCUT2D eigenvalue weighted by atomic mass is 9.79. The summed E-state index contributed by atoms with van der Waals surface area (Å²) in [5, 5.41) is 10.8. The van der Waals surface area contributed by atoms with Gasteiger partial charge in [0, 0.05) is 5.92 Å². The van der Waals surface area contributed by atoms with Gasteiger partial charge in [-0.05, 0) is 49.7 Å². The van der Waals surface area contributed by atoms with Crippen molar-refractivity contribution in [3.05, 3.63) is 35.4 Å². The van der Waals surface area contributed by atoms with Gasteiger partial charge >= 0.3 is 0 Å². The highest BCUT2D eigenvalue weighted by molar-refractivity contribution is 7.92. The van der Waals surface area contributed by atoms with Gasteiger partial charge in [0.2, 0.25) is 25.2 Å². The number of aromatic nitrogens is 2. The minimum Gasteiger partial charge on any atom is -0.300 e. The van der Waals surface area contributed by atoms with Crippen LogP contribution in [0.1, 0.15) is 63.0 Å². The zero-order chi connectivity index (χ0) is 20.9. The molecule has 1 amide bonds. The van der Waals surface area contributed by atoms with Crippen LogP contribution in [0.4, 0.5) is 5.13 Å². The molecule has 0 atom stereocenters. The van der Waals surface area contributed by atoms with E-state index in [1.807, 2.05) is 25.1 Å². The monoisotopic (exact) mass is 435 g/mol. The fourth-order valence-corrected chi connectivity index (χ4v) is 6.26. The number of carbonyl (C=O) groups excluding carboxylic acids is 1. The molecule has 1 aromatic carbocycles. The molecule has 0 bridgehead atoms. The van der Waals surface area contributed by atoms with Crippen molar-refractivity contribution in [2.45, 2.75) is 68.9 Å². The molecule has 2 aromatic rings. The molecule has 6 nitrogen and oxygen atoms in total. The molecule has 0 radical (unpaired) electrons. The molecule has 1 heterocycles. The van der Waals surface area contributed by atoms with E-state index in [4.69, 9.17) is 0 Å². The Kier molecular flexibility index (Phi) is 7.40. The summed E-state index contributed by atoms with van der Waals surface area (Å²) < 4.78 is 25.3. The number of sulfone groups is 1. The molecule has 0 unspecified atom stereocenters. The quantitative estimate of drug-likeness (QED) is 0.604. The van der Waals surface area contributed by atoms with E-state index >= 15 is 0 Å². The summed E-state index contributed by atoms with van der Waals surface area (Å²) in [5.41, 5.74) is 1.66. The van der Waals surface area contributed by atoms with Crippen LogP contribution in [0.3, 0.4) is 0 Å². The summed E-state index contributed by atoms with van der Waals surface area (Å²) in [4.78, 5) is 12.6. The number of aryl methyl sites for hydroxylation is 1. The largest absolute Gasteiger partial charge is 0.300 e. The molecule has 0 spiro atoms. The first kappa shape index (κ1) is 21.9. The summed E-state index contributed by atoms with van der Waals surface area (Å²) in [7, 11) is -3.60. The van der Waals surface area contributed by atoms with Crippen molar-refractivity contribution >= 4 is 32.2 Å². The number of hydrogen-bond acceptors (Lipinski definition) is 6. The maximum atomic E-state index is 12.7. The lowest BCUT2D eigenvalue weighted by Gasteiger charge is -2.27. The van der Waals surface area contributed by atoms with Gasteiger partial charge in [-0.2, -0.15) is 0 Å². The van der Waals surface area contributed by atoms with E-state index in [1.165, 1.54) is 19.3 Å². The maximum Gasteiger partial charge on any atom is 0.234 e. The highest BCUT2D eigenvalue weighted by atomic mass is 32.2. The van der Waals surface area contributed by atoms with Gasteiger partial charge < -0.3 is 5.32 Å². The van der Waals surface area contributed by atoms with Crippen LogP contribution in [-0.2, 0) is 20.4 Å². The Balaban J connectivity index is 1.57. The third-order valence-electron chi connectivity index (χ3n) is 5.69. The summed E-state index contributed by atoms with van der Waals surface area (Å²) in [6.45, 7) is 4.09. The predicted octanol–water partition coefficient (Wildman–Crippen LogP) is 4.76. The molecule has 1 N–H and O–H groups in total. The van der Waals surface area contributed by atoms with Crippen LogP contribution in [0.15, 0.2) is 28.6 Å². The van der Waals surface area contributed by atoms with Crippen LogP contribution in [0.25, 0.3) is 0 Å². The Bertz CT molecular complexity index is 932. The zero-order valence-corrected chi connectivity index (χ0v) is 18.7. The van der Waals surface area contributed by atoms with Gasteiger partial charge in [0.25, 0.3) is 0 Å². The second kappa shape index (κ2) is 9.80. The van der Waals surface area contributed by atoms with Crippen LogP contribution in [0.5, 0.6) is 0 Å². The number of rotatable bonds is 8. The number of nitrogens with zero attached hydrogens (tertiary/aromatic N) is 2. The van der Waals surface area contributed by atoms with Gasteiger partial charge in [-0.1, -0.05) is 61.8 Å². The van der Waals surface area contributed by atoms with Gasteiger partial charge in [0.1, 0.15) is 0 Å². The number of hydrogen-bond donors (Lipinski definition) is 1. The second-order valence-corrected chi connectivity index (χ2v) is 11.0. The third kappa shape index (κ3) is 5.85. The molecule has 29 heavy (non-hydrogen) atoms. The van der Waals surface area contributed by atoms with Gasteiger partial charge in [-0.25, -0.2) is 8.42 Å². The van der Waals surface area contributed by atoms with Crippen molar-refractivity contribution in [2.24, 2.45) is 11.8 Å². The Morgan fingerprint density at radius 1 is 1.17 bits per heavy atom. The number of amides is 1. The lowest BCUT2D eigenvalue weighted by molar-refractivity contribution is -0.121. The molecule has 158 valence electrons. The van der Waals surface area contributed by atoms with Crippen molar-refractivity contribution in [1.82, 2.24) is 10.2 Å². The topological polar surface area (TPSA) is 89.0 Å². The zero-order valence-electron chi connectivity index (χ0n) is 17.1. The van der Waals surface area contributed by atoms with Crippen LogP contribution in [-0.4, -0.2) is 24.5 Å². The summed E-state index contributed by atoms with van der Waals surface area (Å²) >= 11 is 0.927. The van der Waals surface area contributed by atoms with Crippen LogP contribution in [0.2, 0.25) is 0 Å². The summed E-state index contributed by atoms with van der Waals surface area (Å²) in [5.74, 6) is 0.518. The smallest absolute Gasteiger partial charge is 0.234 e. The molecule has 1 aromatic heterocycles. The molecule has 8 heteroatoms. The molecule has 1 aliphatic rings. The van der Waals surface area contributed by atoms with Gasteiger partial charge in [-0.15, -0.1) is 10.2 Å². The van der Waals surface area contributed by atoms with Crippen molar-refractivity contribution in [3.8, 4) is 0 Å². The van der Waals surface area contributed by atoms with E-state index in [-0.39, 0.29) is 27.0 Å². The normalized spacial score (nSPS) is 19.8. The van der Waals surface area contributed by atoms with E-state index in [0.29, 0.717) is 0 Å². The Morgan fingerprint density at radius 2 is 1.90 bits per heavy atom. The number of anilines is 1. The Labute approximate surface area is 177 Å². The van der Waals surface area contributed by atoms with E-state index in [0.717, 1.165) is 54.1 Å². The van der Waals surface area contributed by atoms with Crippen LogP contribution in [0, 0.1) is 18.8 Å². The van der Waals surface area contributed by atoms with Crippen LogP contribution >= 0.6 is 11.3 Å². The van der Waals surface area contributed by atoms with E-state index < -0.39 is 9.84 Å². The third-order valence-corrected chi connectivity index (χ3v) is 8.64. The average molecular weight is 436 g/mol. The Hall–Kier alpha value is -1.80. The fraction of sp³-hybridized carbons (Fsp3) is 0.571. The highest BCUT2D eigenvalue weighted by Crippen LogP contribution is 2.33. The van der Waals surface area contributed by atoms with Crippen molar-refractivity contribution in [3.63, 3.8) is 0 Å². The number of benzene rings is 1. The molecule has 0 aliphatic heterocycles. The SMILES string of the molecule is CCCCC1CCC(C(=O)Nc2nnc(S(=O)(=O)Cc3ccccc3C)s2)CC1. The molecular formula is C21H29N3O3S2. The minimum atomic E-state index is -3.60. The van der Waals surface area contributed by atoms with Crippen molar-refractivity contribution in [2.75, 3.05) is 5.32 Å². The van der Waals surface area contributed by atoms with E-state index in [2.05, 4.69) is 22.4 Å². The fourth-order valence-electron chi connectivity index (χ4n) is 3.84. The molecule has 1 aliphatic carbocycles. The van der Waals surface area contributed by atoms with E-state index in [1.54, 1.807) is 6.07 Å². The lowest BCUT2D eigenvalue weighted by Crippen LogP contribution is -2.27. The summed E-state index contributed by atoms with van der Waals surface area (Å²) in [6.07, 6.45) is 7.67. The number of nitrogens with one attached hydrogen (secondary N) is 1. The summed E-state index contributed by atoms with van der Waals surface area (Å²) in [6, 6.07) is 7.38. The molecular weight excluding hydrogens is 406 g/mol. The van der Waals surface area contributed by atoms with Gasteiger partial charge in [-0.3, -0.25) is 4.79 Å². The van der Waals surface area contributed by atoms with E-state index in [9.17, 15) is 13.2 Å². The first-order chi connectivity index (χ1) is 13.9. The first-order valence-electron chi connectivity index (χ1n) is 10.3. The van der Waals surface area contributed by atoms with Crippen LogP contribution < -0.4 is 5.32 Å². The highest BCUT2D eigenvalue weighted by Gasteiger charge is 2.28. The molecule has 1 saturated carbocycles. The van der Waals surface area contributed by atoms with Gasteiger partial charge in [0.15, 0.2) is 0 Å². The first-order valence-corrected chi connectivity index (χ1v) is 12.8. The predicted molar refractivity (Wildman–Crippen MR) is 116 cm³/mol.